The Morgan fingerprint density at radius 2 is 2.50 bits per heavy atom. The fourth-order valence-corrected chi connectivity index (χ4v) is 0.575. The average molecular weight is 137 g/mol. The van der Waals surface area contributed by atoms with Crippen LogP contribution in [0.1, 0.15) is 0 Å². The molecule has 0 saturated carbocycles. The van der Waals surface area contributed by atoms with E-state index in [-0.39, 0.29) is 5.75 Å². The predicted octanol–water partition coefficient (Wildman–Crippen LogP) is 2.15. The number of ether oxygens (including phenoxy) is 1. The number of hydrogen-bond donors (Lipinski definition) is 0. The van der Waals surface area contributed by atoms with Gasteiger partial charge >= 0.3 is 0 Å². The number of benzene rings is 1. The third-order valence-corrected chi connectivity index (χ3v) is 0.971. The van der Waals surface area contributed by atoms with Gasteiger partial charge in [0, 0.05) is 6.07 Å². The first-order valence-corrected chi connectivity index (χ1v) is 2.78. The summed E-state index contributed by atoms with van der Waals surface area (Å²) in [6.07, 6.45) is 1.16. The van der Waals surface area contributed by atoms with E-state index in [1.807, 2.05) is 0 Å². The minimum atomic E-state index is -0.428. The van der Waals surface area contributed by atoms with Crippen LogP contribution in [0.25, 0.3) is 0 Å². The standard InChI is InChI=1S/C8H6FO/c1-2-10-8-6-4-3-5-7(8)9/h2-5H,1H2. The van der Waals surface area contributed by atoms with Crippen LogP contribution in [-0.2, 0) is 0 Å². The van der Waals surface area contributed by atoms with E-state index in [2.05, 4.69) is 17.4 Å². The lowest BCUT2D eigenvalue weighted by Crippen LogP contribution is -1.84. The molecule has 0 heterocycles. The maximum atomic E-state index is 12.6. The molecular formula is C8H6FO. The van der Waals surface area contributed by atoms with Gasteiger partial charge in [0.05, 0.1) is 6.26 Å². The van der Waals surface area contributed by atoms with Crippen molar-refractivity contribution in [1.29, 1.82) is 0 Å². The van der Waals surface area contributed by atoms with E-state index in [1.54, 1.807) is 12.1 Å². The largest absolute Gasteiger partial charge is 0.462 e. The van der Waals surface area contributed by atoms with Gasteiger partial charge in [0.2, 0.25) is 0 Å². The molecule has 0 unspecified atom stereocenters. The Kier molecular flexibility index (Phi) is 2.05. The smallest absolute Gasteiger partial charge is 0.170 e. The normalized spacial score (nSPS) is 8.90. The maximum Gasteiger partial charge on any atom is 0.170 e. The van der Waals surface area contributed by atoms with Crippen LogP contribution < -0.4 is 4.74 Å². The van der Waals surface area contributed by atoms with Crippen molar-refractivity contribution in [2.45, 2.75) is 0 Å². The molecule has 0 atom stereocenters. The lowest BCUT2D eigenvalue weighted by molar-refractivity contribution is 0.441. The van der Waals surface area contributed by atoms with Crippen LogP contribution in [0.3, 0.4) is 0 Å². The van der Waals surface area contributed by atoms with Gasteiger partial charge in [-0.05, 0) is 6.07 Å². The minimum absolute atomic E-state index is 0.0810. The van der Waals surface area contributed by atoms with Gasteiger partial charge < -0.3 is 4.74 Å². The summed E-state index contributed by atoms with van der Waals surface area (Å²) in [5.41, 5.74) is 0. The summed E-state index contributed by atoms with van der Waals surface area (Å²) >= 11 is 0. The summed E-state index contributed by atoms with van der Waals surface area (Å²) in [5.74, 6) is -0.347. The van der Waals surface area contributed by atoms with Crippen LogP contribution in [0.15, 0.2) is 31.0 Å². The highest BCUT2D eigenvalue weighted by Gasteiger charge is 1.97. The van der Waals surface area contributed by atoms with Crippen LogP contribution >= 0.6 is 0 Å². The zero-order valence-electron chi connectivity index (χ0n) is 5.30. The van der Waals surface area contributed by atoms with Crippen LogP contribution in [0.5, 0.6) is 5.75 Å². The molecule has 0 aliphatic heterocycles. The van der Waals surface area contributed by atoms with Crippen molar-refractivity contribution in [2.24, 2.45) is 0 Å². The second-order valence-corrected chi connectivity index (χ2v) is 1.63. The van der Waals surface area contributed by atoms with Gasteiger partial charge in [0.25, 0.3) is 0 Å². The van der Waals surface area contributed by atoms with Crippen LogP contribution in [-0.4, -0.2) is 0 Å². The predicted molar refractivity (Wildman–Crippen MR) is 36.1 cm³/mol. The fourth-order valence-electron chi connectivity index (χ4n) is 0.575. The van der Waals surface area contributed by atoms with Crippen molar-refractivity contribution in [2.75, 3.05) is 0 Å². The molecule has 0 aromatic heterocycles. The zero-order chi connectivity index (χ0) is 7.40. The van der Waals surface area contributed by atoms with E-state index in [9.17, 15) is 4.39 Å². The van der Waals surface area contributed by atoms with E-state index in [1.165, 1.54) is 6.07 Å². The third-order valence-electron chi connectivity index (χ3n) is 0.971. The molecule has 0 saturated heterocycles. The van der Waals surface area contributed by atoms with Gasteiger partial charge in [0.15, 0.2) is 11.6 Å². The molecule has 1 aromatic rings. The van der Waals surface area contributed by atoms with Gasteiger partial charge in [-0.2, -0.15) is 0 Å². The summed E-state index contributed by atoms with van der Waals surface area (Å²) in [4.78, 5) is 0. The maximum absolute atomic E-state index is 12.6. The lowest BCUT2D eigenvalue weighted by atomic mass is 10.3. The molecule has 10 heavy (non-hydrogen) atoms. The molecule has 1 nitrogen and oxygen atoms in total. The van der Waals surface area contributed by atoms with Gasteiger partial charge in [-0.15, -0.1) is 0 Å². The van der Waals surface area contributed by atoms with E-state index >= 15 is 0 Å². The summed E-state index contributed by atoms with van der Waals surface area (Å²) < 4.78 is 17.2. The highest BCUT2D eigenvalue weighted by atomic mass is 19.1. The van der Waals surface area contributed by atoms with Gasteiger partial charge in [-0.3, -0.25) is 0 Å². The summed E-state index contributed by atoms with van der Waals surface area (Å²) in [6, 6.07) is 6.99. The lowest BCUT2D eigenvalue weighted by Gasteiger charge is -1.97. The highest BCUT2D eigenvalue weighted by Crippen LogP contribution is 2.13. The Morgan fingerprint density at radius 3 is 3.10 bits per heavy atom. The molecule has 1 rings (SSSR count). The first-order chi connectivity index (χ1) is 4.84. The zero-order valence-corrected chi connectivity index (χ0v) is 5.30. The average Bonchev–Trinajstić information content (AvgIpc) is 1.94. The summed E-state index contributed by atoms with van der Waals surface area (Å²) in [6.45, 7) is 3.29. The number of para-hydroxylation sites is 1. The van der Waals surface area contributed by atoms with Crippen molar-refractivity contribution < 1.29 is 9.13 Å². The molecule has 0 N–H and O–H groups in total. The van der Waals surface area contributed by atoms with E-state index in [0.717, 1.165) is 6.26 Å². The third kappa shape index (κ3) is 1.35. The molecule has 1 radical (unpaired) electrons. The van der Waals surface area contributed by atoms with Crippen molar-refractivity contribution in [3.05, 3.63) is 42.9 Å². The molecule has 0 bridgehead atoms. The quantitative estimate of drug-likeness (QED) is 0.567. The number of halogens is 1. The topological polar surface area (TPSA) is 9.23 Å². The summed E-state index contributed by atoms with van der Waals surface area (Å²) in [7, 11) is 0. The second kappa shape index (κ2) is 3.01. The van der Waals surface area contributed by atoms with Crippen molar-refractivity contribution >= 4 is 0 Å². The summed E-state index contributed by atoms with van der Waals surface area (Å²) in [5, 5.41) is 0. The second-order valence-electron chi connectivity index (χ2n) is 1.63. The molecule has 0 amide bonds. The molecule has 0 aliphatic rings. The molecule has 2 heteroatoms. The fraction of sp³-hybridized carbons (Fsp3) is 0. The molecule has 51 valence electrons. The number of rotatable bonds is 2. The molecule has 1 aromatic carbocycles. The van der Waals surface area contributed by atoms with Gasteiger partial charge in [0.1, 0.15) is 0 Å². The van der Waals surface area contributed by atoms with E-state index in [4.69, 9.17) is 0 Å². The number of hydrogen-bond acceptors (Lipinski definition) is 1. The van der Waals surface area contributed by atoms with Crippen molar-refractivity contribution in [3.8, 4) is 5.75 Å². The molecule has 0 aliphatic carbocycles. The van der Waals surface area contributed by atoms with Gasteiger partial charge in [-0.25, -0.2) is 4.39 Å². The van der Waals surface area contributed by atoms with Crippen LogP contribution in [0, 0.1) is 11.9 Å². The van der Waals surface area contributed by atoms with E-state index in [0.29, 0.717) is 0 Å². The minimum Gasteiger partial charge on any atom is -0.462 e. The first-order valence-electron chi connectivity index (χ1n) is 2.78. The Labute approximate surface area is 58.8 Å². The Hall–Kier alpha value is -1.31. The van der Waals surface area contributed by atoms with E-state index < -0.39 is 5.82 Å². The molecule has 0 fully saturated rings. The highest BCUT2D eigenvalue weighted by molar-refractivity contribution is 5.22. The van der Waals surface area contributed by atoms with Crippen molar-refractivity contribution in [3.63, 3.8) is 0 Å². The van der Waals surface area contributed by atoms with Crippen molar-refractivity contribution in [1.82, 2.24) is 0 Å². The Bertz CT molecular complexity index is 232. The van der Waals surface area contributed by atoms with Gasteiger partial charge in [-0.1, -0.05) is 18.7 Å². The SMILES string of the molecule is C=COc1[c]cccc1F. The van der Waals surface area contributed by atoms with Crippen LogP contribution in [0.4, 0.5) is 4.39 Å². The first kappa shape index (κ1) is 6.81. The van der Waals surface area contributed by atoms with Crippen LogP contribution in [0.2, 0.25) is 0 Å². The Balaban J connectivity index is 2.91. The molecule has 0 spiro atoms. The Morgan fingerprint density at radius 1 is 1.70 bits per heavy atom. The monoisotopic (exact) mass is 137 g/mol. The molecular weight excluding hydrogens is 131 g/mol.